The van der Waals surface area contributed by atoms with E-state index in [1.54, 1.807) is 0 Å². The molecule has 2 heteroatoms. The van der Waals surface area contributed by atoms with Crippen LogP contribution in [0, 0.1) is 5.92 Å². The van der Waals surface area contributed by atoms with E-state index < -0.39 is 0 Å². The molecule has 1 aliphatic carbocycles. The Morgan fingerprint density at radius 1 is 1.18 bits per heavy atom. The Balaban J connectivity index is 1.84. The molecule has 2 nitrogen and oxygen atoms in total. The lowest BCUT2D eigenvalue weighted by Crippen LogP contribution is -2.35. The first-order chi connectivity index (χ1) is 8.38. The van der Waals surface area contributed by atoms with E-state index in [0.717, 1.165) is 18.1 Å². The maximum atomic E-state index is 6.21. The van der Waals surface area contributed by atoms with Crippen LogP contribution >= 0.6 is 0 Å². The molecular formula is C15H21NO. The predicted molar refractivity (Wildman–Crippen MR) is 69.2 cm³/mol. The first-order valence-corrected chi connectivity index (χ1v) is 6.81. The van der Waals surface area contributed by atoms with Gasteiger partial charge >= 0.3 is 0 Å². The summed E-state index contributed by atoms with van der Waals surface area (Å²) in [7, 11) is 2.05. The topological polar surface area (TPSA) is 21.3 Å². The number of fused-ring (bicyclic) bond motifs is 1. The zero-order valence-corrected chi connectivity index (χ0v) is 10.5. The number of hydrogen-bond acceptors (Lipinski definition) is 2. The van der Waals surface area contributed by atoms with Crippen molar-refractivity contribution in [2.24, 2.45) is 5.92 Å². The SMILES string of the molecule is CNC1CC(C2CCCC2)Oc2ccccc21. The second-order valence-corrected chi connectivity index (χ2v) is 5.32. The van der Waals surface area contributed by atoms with Gasteiger partial charge < -0.3 is 10.1 Å². The first-order valence-electron chi connectivity index (χ1n) is 6.81. The molecular weight excluding hydrogens is 210 g/mol. The number of hydrogen-bond donors (Lipinski definition) is 1. The standard InChI is InChI=1S/C15H21NO/c1-16-13-10-15(11-6-2-3-7-11)17-14-9-5-4-8-12(13)14/h4-5,8-9,11,13,15-16H,2-3,6-7,10H2,1H3. The molecule has 0 radical (unpaired) electrons. The van der Waals surface area contributed by atoms with E-state index in [-0.39, 0.29) is 0 Å². The Labute approximate surface area is 103 Å². The highest BCUT2D eigenvalue weighted by Crippen LogP contribution is 2.40. The van der Waals surface area contributed by atoms with Crippen LogP contribution < -0.4 is 10.1 Å². The van der Waals surface area contributed by atoms with Crippen LogP contribution in [0.5, 0.6) is 5.75 Å². The third kappa shape index (κ3) is 2.06. The summed E-state index contributed by atoms with van der Waals surface area (Å²) in [4.78, 5) is 0. The van der Waals surface area contributed by atoms with Gasteiger partial charge in [0.15, 0.2) is 0 Å². The molecule has 1 aliphatic heterocycles. The Kier molecular flexibility index (Phi) is 3.06. The van der Waals surface area contributed by atoms with Gasteiger partial charge in [-0.25, -0.2) is 0 Å². The third-order valence-corrected chi connectivity index (χ3v) is 4.31. The van der Waals surface area contributed by atoms with E-state index in [9.17, 15) is 0 Å². The fourth-order valence-electron chi connectivity index (χ4n) is 3.34. The number of benzene rings is 1. The molecule has 2 aliphatic rings. The quantitative estimate of drug-likeness (QED) is 0.843. The molecule has 0 amide bonds. The smallest absolute Gasteiger partial charge is 0.124 e. The van der Waals surface area contributed by atoms with Crippen molar-refractivity contribution in [3.05, 3.63) is 29.8 Å². The van der Waals surface area contributed by atoms with Crippen molar-refractivity contribution < 1.29 is 4.74 Å². The molecule has 1 saturated carbocycles. The molecule has 17 heavy (non-hydrogen) atoms. The Morgan fingerprint density at radius 3 is 2.71 bits per heavy atom. The monoisotopic (exact) mass is 231 g/mol. The average molecular weight is 231 g/mol. The van der Waals surface area contributed by atoms with E-state index in [1.807, 2.05) is 0 Å². The van der Waals surface area contributed by atoms with Gasteiger partial charge in [-0.2, -0.15) is 0 Å². The maximum Gasteiger partial charge on any atom is 0.124 e. The van der Waals surface area contributed by atoms with E-state index in [4.69, 9.17) is 4.74 Å². The molecule has 1 N–H and O–H groups in total. The van der Waals surface area contributed by atoms with Crippen LogP contribution in [-0.2, 0) is 0 Å². The lowest BCUT2D eigenvalue weighted by molar-refractivity contribution is 0.0962. The number of para-hydroxylation sites is 1. The molecule has 0 aromatic heterocycles. The van der Waals surface area contributed by atoms with E-state index in [0.29, 0.717) is 12.1 Å². The summed E-state index contributed by atoms with van der Waals surface area (Å²) in [6, 6.07) is 8.93. The summed E-state index contributed by atoms with van der Waals surface area (Å²) in [6.07, 6.45) is 7.02. The van der Waals surface area contributed by atoms with Crippen molar-refractivity contribution in [3.8, 4) is 5.75 Å². The highest BCUT2D eigenvalue weighted by molar-refractivity contribution is 5.38. The van der Waals surface area contributed by atoms with Crippen molar-refractivity contribution in [2.45, 2.75) is 44.2 Å². The fraction of sp³-hybridized carbons (Fsp3) is 0.600. The van der Waals surface area contributed by atoms with E-state index in [1.165, 1.54) is 31.2 Å². The van der Waals surface area contributed by atoms with Gasteiger partial charge in [-0.15, -0.1) is 0 Å². The van der Waals surface area contributed by atoms with Gasteiger partial charge in [0.1, 0.15) is 11.9 Å². The van der Waals surface area contributed by atoms with Gasteiger partial charge in [0, 0.05) is 18.0 Å². The summed E-state index contributed by atoms with van der Waals surface area (Å²) >= 11 is 0. The molecule has 2 atom stereocenters. The molecule has 92 valence electrons. The van der Waals surface area contributed by atoms with Gasteiger partial charge in [0.25, 0.3) is 0 Å². The van der Waals surface area contributed by atoms with E-state index in [2.05, 4.69) is 36.6 Å². The number of nitrogens with one attached hydrogen (secondary N) is 1. The van der Waals surface area contributed by atoms with Gasteiger partial charge in [0.05, 0.1) is 0 Å². The van der Waals surface area contributed by atoms with Crippen LogP contribution in [0.15, 0.2) is 24.3 Å². The fourth-order valence-corrected chi connectivity index (χ4v) is 3.34. The normalized spacial score (nSPS) is 28.8. The van der Waals surface area contributed by atoms with Crippen LogP contribution in [0.4, 0.5) is 0 Å². The maximum absolute atomic E-state index is 6.21. The van der Waals surface area contributed by atoms with Crippen LogP contribution in [0.25, 0.3) is 0 Å². The molecule has 1 fully saturated rings. The van der Waals surface area contributed by atoms with Crippen molar-refractivity contribution in [1.82, 2.24) is 5.32 Å². The van der Waals surface area contributed by atoms with Crippen molar-refractivity contribution >= 4 is 0 Å². The minimum absolute atomic E-state index is 0.421. The zero-order chi connectivity index (χ0) is 11.7. The van der Waals surface area contributed by atoms with Crippen LogP contribution in [0.3, 0.4) is 0 Å². The second kappa shape index (κ2) is 4.69. The summed E-state index contributed by atoms with van der Waals surface area (Å²) in [6.45, 7) is 0. The molecule has 1 aromatic rings. The summed E-state index contributed by atoms with van der Waals surface area (Å²) in [5.41, 5.74) is 1.32. The molecule has 2 unspecified atom stereocenters. The Hall–Kier alpha value is -1.02. The van der Waals surface area contributed by atoms with Crippen molar-refractivity contribution in [3.63, 3.8) is 0 Å². The lowest BCUT2D eigenvalue weighted by Gasteiger charge is -2.35. The van der Waals surface area contributed by atoms with Gasteiger partial charge in [-0.05, 0) is 31.9 Å². The molecule has 0 saturated heterocycles. The Bertz CT molecular complexity index is 384. The van der Waals surface area contributed by atoms with Gasteiger partial charge in [-0.1, -0.05) is 31.0 Å². The van der Waals surface area contributed by atoms with Crippen molar-refractivity contribution in [1.29, 1.82) is 0 Å². The minimum Gasteiger partial charge on any atom is -0.490 e. The van der Waals surface area contributed by atoms with Crippen LogP contribution in [0.1, 0.15) is 43.7 Å². The molecule has 1 heterocycles. The summed E-state index contributed by atoms with van der Waals surface area (Å²) in [5.74, 6) is 1.87. The number of rotatable bonds is 2. The average Bonchev–Trinajstić information content (AvgIpc) is 2.91. The summed E-state index contributed by atoms with van der Waals surface area (Å²) in [5, 5.41) is 3.43. The van der Waals surface area contributed by atoms with Gasteiger partial charge in [0.2, 0.25) is 0 Å². The van der Waals surface area contributed by atoms with Gasteiger partial charge in [-0.3, -0.25) is 0 Å². The van der Waals surface area contributed by atoms with Crippen molar-refractivity contribution in [2.75, 3.05) is 7.05 Å². The predicted octanol–water partition coefficient (Wildman–Crippen LogP) is 3.29. The van der Waals surface area contributed by atoms with Crippen LogP contribution in [-0.4, -0.2) is 13.2 Å². The van der Waals surface area contributed by atoms with Crippen LogP contribution in [0.2, 0.25) is 0 Å². The highest BCUT2D eigenvalue weighted by Gasteiger charge is 2.33. The number of ether oxygens (including phenoxy) is 1. The second-order valence-electron chi connectivity index (χ2n) is 5.32. The summed E-state index contributed by atoms with van der Waals surface area (Å²) < 4.78 is 6.21. The highest BCUT2D eigenvalue weighted by atomic mass is 16.5. The molecule has 3 rings (SSSR count). The molecule has 0 bridgehead atoms. The largest absolute Gasteiger partial charge is 0.490 e. The zero-order valence-electron chi connectivity index (χ0n) is 10.5. The minimum atomic E-state index is 0.421. The molecule has 1 aromatic carbocycles. The first kappa shape index (κ1) is 11.1. The van der Waals surface area contributed by atoms with E-state index >= 15 is 0 Å². The third-order valence-electron chi connectivity index (χ3n) is 4.31. The Morgan fingerprint density at radius 2 is 1.94 bits per heavy atom. The lowest BCUT2D eigenvalue weighted by atomic mass is 9.89. The molecule has 0 spiro atoms.